The van der Waals surface area contributed by atoms with Crippen molar-refractivity contribution in [2.45, 2.75) is 42.5 Å². The molecule has 1 aliphatic heterocycles. The van der Waals surface area contributed by atoms with Gasteiger partial charge in [-0.25, -0.2) is 36.6 Å². The quantitative estimate of drug-likeness (QED) is 0.0276. The number of ether oxygens (including phenoxy) is 3. The number of halogens is 4. The van der Waals surface area contributed by atoms with Crippen molar-refractivity contribution in [2.75, 3.05) is 26.4 Å². The number of hydrogen-bond acceptors (Lipinski definition) is 12. The largest absolute Gasteiger partial charge is 0.475 e. The van der Waals surface area contributed by atoms with E-state index in [2.05, 4.69) is 23.2 Å². The maximum atomic E-state index is 16.0. The van der Waals surface area contributed by atoms with Crippen molar-refractivity contribution in [1.29, 1.82) is 5.26 Å². The second kappa shape index (κ2) is 21.2. The molecule has 0 radical (unpaired) electrons. The van der Waals surface area contributed by atoms with Crippen LogP contribution in [0.3, 0.4) is 0 Å². The highest BCUT2D eigenvalue weighted by Crippen LogP contribution is 2.50. The minimum absolute atomic E-state index is 0.112. The topological polar surface area (TPSA) is 144 Å². The van der Waals surface area contributed by atoms with Gasteiger partial charge in [0.1, 0.15) is 35.9 Å². The van der Waals surface area contributed by atoms with E-state index in [1.807, 2.05) is 6.07 Å². The Bertz CT molecular complexity index is 2230. The first-order chi connectivity index (χ1) is 28.4. The smallest absolute Gasteiger partial charge is 0.447 e. The maximum Gasteiger partial charge on any atom is 0.475 e. The van der Waals surface area contributed by atoms with Crippen LogP contribution in [0.1, 0.15) is 39.5 Å². The van der Waals surface area contributed by atoms with Gasteiger partial charge in [0.2, 0.25) is 0 Å². The molecule has 59 heavy (non-hydrogen) atoms. The molecule has 0 spiro atoms. The molecule has 0 bridgehead atoms. The molecular formula is C41H39F4N4O8PS. The number of allylic oxidation sites excluding steroid dienone is 2. The number of phosphoric acid groups is 1. The van der Waals surface area contributed by atoms with E-state index in [0.717, 1.165) is 36.4 Å². The number of rotatable bonds is 20. The minimum Gasteiger partial charge on any atom is -0.447 e. The molecule has 0 aliphatic carbocycles. The summed E-state index contributed by atoms with van der Waals surface area (Å²) in [5.74, 6) is -4.28. The second-order valence-corrected chi connectivity index (χ2v) is 16.0. The summed E-state index contributed by atoms with van der Waals surface area (Å²) < 4.78 is 108. The first-order valence-electron chi connectivity index (χ1n) is 17.9. The summed E-state index contributed by atoms with van der Waals surface area (Å²) in [6.07, 6.45) is 10.8. The van der Waals surface area contributed by atoms with E-state index in [1.165, 1.54) is 59.5 Å². The summed E-state index contributed by atoms with van der Waals surface area (Å²) in [5, 5.41) is 11.9. The summed E-state index contributed by atoms with van der Waals surface area (Å²) in [6.45, 7) is 7.58. The molecule has 12 nitrogen and oxygen atoms in total. The molecule has 310 valence electrons. The van der Waals surface area contributed by atoms with Crippen molar-refractivity contribution in [3.63, 3.8) is 0 Å². The van der Waals surface area contributed by atoms with Crippen LogP contribution in [-0.4, -0.2) is 64.0 Å². The van der Waals surface area contributed by atoms with Crippen molar-refractivity contribution in [2.24, 2.45) is 0 Å². The zero-order valence-electron chi connectivity index (χ0n) is 31.6. The average Bonchev–Trinajstić information content (AvgIpc) is 3.74. The maximum absolute atomic E-state index is 16.0. The number of carbonyl (C=O) groups excluding carboxylic acids is 1. The third kappa shape index (κ3) is 12.2. The molecular weight excluding hydrogens is 816 g/mol. The monoisotopic (exact) mass is 854 g/mol. The predicted octanol–water partition coefficient (Wildman–Crippen LogP) is 8.62. The van der Waals surface area contributed by atoms with E-state index in [1.54, 1.807) is 25.2 Å². The summed E-state index contributed by atoms with van der Waals surface area (Å²) in [6, 6.07) is 12.0. The highest BCUT2D eigenvalue weighted by molar-refractivity contribution is 8.00. The molecule has 0 unspecified atom stereocenters. The lowest BCUT2D eigenvalue weighted by atomic mass is 9.89. The molecule has 2 heterocycles. The van der Waals surface area contributed by atoms with Crippen LogP contribution in [0.25, 0.3) is 6.08 Å². The van der Waals surface area contributed by atoms with Crippen LogP contribution in [0.5, 0.6) is 0 Å². The number of nitriles is 1. The Balaban J connectivity index is 1.40. The Kier molecular flexibility index (Phi) is 16.1. The van der Waals surface area contributed by atoms with Gasteiger partial charge in [-0.2, -0.15) is 10.4 Å². The molecule has 1 fully saturated rings. The van der Waals surface area contributed by atoms with Gasteiger partial charge in [0.15, 0.2) is 11.9 Å². The summed E-state index contributed by atoms with van der Waals surface area (Å²) in [7, 11) is -4.27. The Morgan fingerprint density at radius 1 is 1.02 bits per heavy atom. The molecule has 1 aliphatic rings. The number of aromatic nitrogens is 3. The molecule has 3 aromatic carbocycles. The molecule has 1 aromatic heterocycles. The zero-order chi connectivity index (χ0) is 42.4. The summed E-state index contributed by atoms with van der Waals surface area (Å²) in [4.78, 5) is 18.3. The Hall–Kier alpha value is -5.18. The normalized spacial score (nSPS) is 17.4. The molecule has 4 aromatic rings. The number of phosphoric ester groups is 1. The van der Waals surface area contributed by atoms with Gasteiger partial charge in [0.05, 0.1) is 62.0 Å². The highest BCUT2D eigenvalue weighted by atomic mass is 32.2. The van der Waals surface area contributed by atoms with Crippen molar-refractivity contribution in [1.82, 2.24) is 14.8 Å². The predicted molar refractivity (Wildman–Crippen MR) is 210 cm³/mol. The van der Waals surface area contributed by atoms with Gasteiger partial charge in [-0.1, -0.05) is 36.4 Å². The van der Waals surface area contributed by atoms with E-state index in [4.69, 9.17) is 33.0 Å². The van der Waals surface area contributed by atoms with E-state index in [0.29, 0.717) is 6.07 Å². The van der Waals surface area contributed by atoms with E-state index in [9.17, 15) is 22.5 Å². The van der Waals surface area contributed by atoms with Crippen LogP contribution in [0, 0.1) is 34.6 Å². The molecule has 0 amide bonds. The molecule has 2 atom stereocenters. The number of esters is 1. The molecule has 0 saturated carbocycles. The Morgan fingerprint density at radius 3 is 2.37 bits per heavy atom. The lowest BCUT2D eigenvalue weighted by molar-refractivity contribution is -0.146. The van der Waals surface area contributed by atoms with Crippen LogP contribution < -0.4 is 0 Å². The SMILES string of the molecule is C=CCOP(=O)(OCC=C)OCc1cc(F)ccc1C(=O)O[C@@](Cn1cncn1)(c1ccc(F)cc1F)[C@@H](C)S[C@H]1CO[C@H](C=CC=Cc2ccc(C#N)cc2F)OC1. The van der Waals surface area contributed by atoms with Crippen LogP contribution in [0.4, 0.5) is 17.6 Å². The molecule has 0 N–H and O–H groups in total. The standard InChI is InChI=1S/C41H39F4N4O8PS/c1-4-16-54-58(51,55-17-5-2)56-22-31-19-32(42)12-14-35(31)40(50)57-41(25-49-27-47-26-48-49,36-15-13-33(43)20-38(36)45)28(3)59-34-23-52-39(53-24-34)9-7-6-8-30-11-10-29(21-46)18-37(30)44/h4-15,18-20,26-28,34,39H,1-2,16-17,22-25H2,3H3/t28-,34-,39-,41-/m1/s1. The number of hydrogen-bond donors (Lipinski definition) is 0. The van der Waals surface area contributed by atoms with Gasteiger partial charge >= 0.3 is 13.8 Å². The number of carbonyl (C=O) groups is 1. The van der Waals surface area contributed by atoms with Crippen molar-refractivity contribution >= 4 is 31.6 Å². The van der Waals surface area contributed by atoms with Crippen molar-refractivity contribution < 1.29 is 54.7 Å². The van der Waals surface area contributed by atoms with Gasteiger partial charge < -0.3 is 14.2 Å². The van der Waals surface area contributed by atoms with Gasteiger partial charge in [0, 0.05) is 22.4 Å². The fraction of sp³-hybridized carbons (Fsp3) is 0.268. The van der Waals surface area contributed by atoms with Gasteiger partial charge in [0.25, 0.3) is 0 Å². The molecule has 18 heteroatoms. The first-order valence-corrected chi connectivity index (χ1v) is 20.3. The summed E-state index contributed by atoms with van der Waals surface area (Å²) in [5.41, 5.74) is -2.00. The van der Waals surface area contributed by atoms with Crippen molar-refractivity contribution in [3.8, 4) is 6.07 Å². The third-order valence-corrected chi connectivity index (χ3v) is 11.4. The lowest BCUT2D eigenvalue weighted by Gasteiger charge is -2.40. The Labute approximate surface area is 342 Å². The van der Waals surface area contributed by atoms with E-state index >= 15 is 4.39 Å². The van der Waals surface area contributed by atoms with Crippen LogP contribution in [-0.2, 0) is 51.1 Å². The summed E-state index contributed by atoms with van der Waals surface area (Å²) >= 11 is 1.24. The number of thioether (sulfide) groups is 1. The zero-order valence-corrected chi connectivity index (χ0v) is 33.3. The van der Waals surface area contributed by atoms with Crippen LogP contribution in [0.2, 0.25) is 0 Å². The fourth-order valence-corrected chi connectivity index (χ4v) is 8.23. The minimum atomic E-state index is -4.27. The molecule has 1 saturated heterocycles. The van der Waals surface area contributed by atoms with Crippen molar-refractivity contribution in [3.05, 3.63) is 162 Å². The van der Waals surface area contributed by atoms with E-state index in [-0.39, 0.29) is 60.8 Å². The number of nitrogens with zero attached hydrogens (tertiary/aromatic N) is 4. The highest BCUT2D eigenvalue weighted by Gasteiger charge is 2.47. The number of benzene rings is 3. The third-order valence-electron chi connectivity index (χ3n) is 8.62. The van der Waals surface area contributed by atoms with Gasteiger partial charge in [-0.15, -0.1) is 24.9 Å². The van der Waals surface area contributed by atoms with Gasteiger partial charge in [-0.05, 0) is 61.0 Å². The first kappa shape index (κ1) is 44.9. The van der Waals surface area contributed by atoms with Crippen LogP contribution in [0.15, 0.2) is 111 Å². The Morgan fingerprint density at radius 2 is 1.73 bits per heavy atom. The van der Waals surface area contributed by atoms with E-state index < -0.39 is 66.1 Å². The fourth-order valence-electron chi connectivity index (χ4n) is 5.78. The average molecular weight is 855 g/mol. The second-order valence-electron chi connectivity index (χ2n) is 12.7. The van der Waals surface area contributed by atoms with Crippen LogP contribution >= 0.6 is 19.6 Å². The van der Waals surface area contributed by atoms with Gasteiger partial charge in [-0.3, -0.25) is 13.6 Å². The molecule has 5 rings (SSSR count). The lowest BCUT2D eigenvalue weighted by Crippen LogP contribution is -2.47.